The monoisotopic (exact) mass is 374 g/mol. The zero-order valence-electron chi connectivity index (χ0n) is 13.5. The zero-order valence-corrected chi connectivity index (χ0v) is 15.1. The lowest BCUT2D eigenvalue weighted by Gasteiger charge is -2.17. The van der Waals surface area contributed by atoms with Crippen molar-refractivity contribution >= 4 is 33.4 Å². The molecular formula is C18H23BrN4. The maximum atomic E-state index is 4.64. The van der Waals surface area contributed by atoms with Crippen LogP contribution in [0.4, 0.5) is 17.5 Å². The summed E-state index contributed by atoms with van der Waals surface area (Å²) in [5, 5.41) is 6.89. The van der Waals surface area contributed by atoms with Crippen molar-refractivity contribution in [3.63, 3.8) is 0 Å². The number of benzene rings is 1. The molecule has 1 aromatic heterocycles. The van der Waals surface area contributed by atoms with Crippen LogP contribution in [-0.4, -0.2) is 16.0 Å². The number of anilines is 3. The highest BCUT2D eigenvalue weighted by Gasteiger charge is 2.14. The van der Waals surface area contributed by atoms with E-state index in [1.165, 1.54) is 38.5 Å². The molecule has 1 saturated carbocycles. The van der Waals surface area contributed by atoms with Gasteiger partial charge in [-0.1, -0.05) is 37.8 Å². The number of aromatic nitrogens is 2. The van der Waals surface area contributed by atoms with Gasteiger partial charge in [-0.3, -0.25) is 0 Å². The molecule has 2 aromatic rings. The van der Waals surface area contributed by atoms with Crippen molar-refractivity contribution in [1.82, 2.24) is 9.97 Å². The van der Waals surface area contributed by atoms with Gasteiger partial charge < -0.3 is 10.6 Å². The third-order valence-corrected chi connectivity index (χ3v) is 4.87. The second kappa shape index (κ2) is 7.77. The van der Waals surface area contributed by atoms with E-state index in [2.05, 4.69) is 36.5 Å². The second-order valence-electron chi connectivity index (χ2n) is 6.16. The Bertz CT molecular complexity index is 651. The van der Waals surface area contributed by atoms with Crippen molar-refractivity contribution in [2.24, 2.45) is 0 Å². The largest absolute Gasteiger partial charge is 0.351 e. The van der Waals surface area contributed by atoms with Crippen molar-refractivity contribution < 1.29 is 0 Å². The number of hydrogen-bond donors (Lipinski definition) is 2. The Labute approximate surface area is 146 Å². The highest BCUT2D eigenvalue weighted by molar-refractivity contribution is 9.10. The quantitative estimate of drug-likeness (QED) is 0.700. The minimum atomic E-state index is 0.496. The van der Waals surface area contributed by atoms with Crippen molar-refractivity contribution in [2.45, 2.75) is 51.5 Å². The van der Waals surface area contributed by atoms with Gasteiger partial charge in [0.2, 0.25) is 5.95 Å². The Hall–Kier alpha value is -1.62. The van der Waals surface area contributed by atoms with Gasteiger partial charge >= 0.3 is 0 Å². The molecule has 0 radical (unpaired) electrons. The van der Waals surface area contributed by atoms with Gasteiger partial charge in [0.05, 0.1) is 5.69 Å². The molecule has 1 heterocycles. The third-order valence-electron chi connectivity index (χ3n) is 4.18. The van der Waals surface area contributed by atoms with E-state index >= 15 is 0 Å². The second-order valence-corrected chi connectivity index (χ2v) is 7.01. The summed E-state index contributed by atoms with van der Waals surface area (Å²) in [7, 11) is 0. The molecule has 5 heteroatoms. The van der Waals surface area contributed by atoms with Crippen LogP contribution in [0, 0.1) is 6.92 Å². The highest BCUT2D eigenvalue weighted by Crippen LogP contribution is 2.26. The van der Waals surface area contributed by atoms with Gasteiger partial charge in [-0.2, -0.15) is 4.98 Å². The zero-order chi connectivity index (χ0) is 16.1. The maximum absolute atomic E-state index is 4.64. The Morgan fingerprint density at radius 1 is 1.04 bits per heavy atom. The van der Waals surface area contributed by atoms with Gasteiger partial charge in [0.15, 0.2) is 0 Å². The Balaban J connectivity index is 1.74. The third kappa shape index (κ3) is 4.67. The summed E-state index contributed by atoms with van der Waals surface area (Å²) in [6.07, 6.45) is 7.72. The molecule has 2 N–H and O–H groups in total. The van der Waals surface area contributed by atoms with E-state index in [0.29, 0.717) is 6.04 Å². The van der Waals surface area contributed by atoms with Crippen molar-refractivity contribution in [2.75, 3.05) is 10.6 Å². The number of para-hydroxylation sites is 1. The molecule has 1 fully saturated rings. The molecule has 0 bridgehead atoms. The lowest BCUT2D eigenvalue weighted by Crippen LogP contribution is -2.20. The maximum Gasteiger partial charge on any atom is 0.225 e. The average molecular weight is 375 g/mol. The van der Waals surface area contributed by atoms with Gasteiger partial charge in [0, 0.05) is 22.3 Å². The normalized spacial score (nSPS) is 15.9. The lowest BCUT2D eigenvalue weighted by molar-refractivity contribution is 0.614. The summed E-state index contributed by atoms with van der Waals surface area (Å²) in [5.74, 6) is 1.55. The fraction of sp³-hybridized carbons (Fsp3) is 0.444. The average Bonchev–Trinajstić information content (AvgIpc) is 2.78. The fourth-order valence-corrected chi connectivity index (χ4v) is 3.39. The number of halogens is 1. The molecular weight excluding hydrogens is 352 g/mol. The minimum Gasteiger partial charge on any atom is -0.351 e. The summed E-state index contributed by atoms with van der Waals surface area (Å²) in [6, 6.07) is 10.5. The van der Waals surface area contributed by atoms with Crippen molar-refractivity contribution in [3.8, 4) is 0 Å². The van der Waals surface area contributed by atoms with E-state index in [-0.39, 0.29) is 0 Å². The highest BCUT2D eigenvalue weighted by atomic mass is 79.9. The van der Waals surface area contributed by atoms with Crippen LogP contribution >= 0.6 is 15.9 Å². The standard InChI is InChI=1S/C18H23BrN4/c1-13-12-17(22-16-11-7-6-10-15(16)19)23-18(20-13)21-14-8-4-2-3-5-9-14/h6-7,10-12,14H,2-5,8-9H2,1H3,(H2,20,21,22,23). The smallest absolute Gasteiger partial charge is 0.225 e. The molecule has 0 spiro atoms. The first kappa shape index (κ1) is 16.2. The van der Waals surface area contributed by atoms with Gasteiger partial charge in [-0.15, -0.1) is 0 Å². The topological polar surface area (TPSA) is 49.8 Å². The van der Waals surface area contributed by atoms with Gasteiger partial charge in [0.1, 0.15) is 5.82 Å². The van der Waals surface area contributed by atoms with Crippen LogP contribution in [0.25, 0.3) is 0 Å². The fourth-order valence-electron chi connectivity index (χ4n) is 3.00. The van der Waals surface area contributed by atoms with Crippen LogP contribution in [0.2, 0.25) is 0 Å². The van der Waals surface area contributed by atoms with Crippen LogP contribution in [-0.2, 0) is 0 Å². The van der Waals surface area contributed by atoms with Crippen LogP contribution in [0.1, 0.15) is 44.2 Å². The molecule has 0 saturated heterocycles. The van der Waals surface area contributed by atoms with Crippen molar-refractivity contribution in [1.29, 1.82) is 0 Å². The van der Waals surface area contributed by atoms with E-state index in [1.807, 2.05) is 37.3 Å². The number of rotatable bonds is 4. The molecule has 3 rings (SSSR count). The molecule has 122 valence electrons. The van der Waals surface area contributed by atoms with Gasteiger partial charge in [-0.25, -0.2) is 4.98 Å². The van der Waals surface area contributed by atoms with Crippen LogP contribution in [0.5, 0.6) is 0 Å². The summed E-state index contributed by atoms with van der Waals surface area (Å²) in [6.45, 7) is 2.01. The predicted octanol–water partition coefficient (Wildman–Crippen LogP) is 5.43. The number of aryl methyl sites for hydroxylation is 1. The summed E-state index contributed by atoms with van der Waals surface area (Å²) in [4.78, 5) is 9.19. The molecule has 0 aliphatic heterocycles. The van der Waals surface area contributed by atoms with Gasteiger partial charge in [-0.05, 0) is 47.8 Å². The molecule has 1 aromatic carbocycles. The van der Waals surface area contributed by atoms with E-state index < -0.39 is 0 Å². The molecule has 4 nitrogen and oxygen atoms in total. The summed E-state index contributed by atoms with van der Waals surface area (Å²) >= 11 is 3.56. The Kier molecular flexibility index (Phi) is 5.49. The number of hydrogen-bond acceptors (Lipinski definition) is 4. The number of nitrogens with one attached hydrogen (secondary N) is 2. The minimum absolute atomic E-state index is 0.496. The molecule has 1 aliphatic carbocycles. The summed E-state index contributed by atoms with van der Waals surface area (Å²) in [5.41, 5.74) is 1.97. The SMILES string of the molecule is Cc1cc(Nc2ccccc2Br)nc(NC2CCCCCC2)n1. The van der Waals surface area contributed by atoms with E-state index in [4.69, 9.17) is 0 Å². The van der Waals surface area contributed by atoms with Gasteiger partial charge in [0.25, 0.3) is 0 Å². The lowest BCUT2D eigenvalue weighted by atomic mass is 10.1. The first-order valence-corrected chi connectivity index (χ1v) is 9.14. The molecule has 0 unspecified atom stereocenters. The summed E-state index contributed by atoms with van der Waals surface area (Å²) < 4.78 is 1.02. The predicted molar refractivity (Wildman–Crippen MR) is 99.3 cm³/mol. The molecule has 1 aliphatic rings. The molecule has 23 heavy (non-hydrogen) atoms. The van der Waals surface area contributed by atoms with E-state index in [1.54, 1.807) is 0 Å². The van der Waals surface area contributed by atoms with Crippen LogP contribution < -0.4 is 10.6 Å². The Morgan fingerprint density at radius 3 is 2.52 bits per heavy atom. The number of nitrogens with zero attached hydrogens (tertiary/aromatic N) is 2. The van der Waals surface area contributed by atoms with Crippen LogP contribution in [0.15, 0.2) is 34.8 Å². The van der Waals surface area contributed by atoms with Crippen LogP contribution in [0.3, 0.4) is 0 Å². The first-order valence-electron chi connectivity index (χ1n) is 8.34. The Morgan fingerprint density at radius 2 is 1.78 bits per heavy atom. The van der Waals surface area contributed by atoms with E-state index in [9.17, 15) is 0 Å². The first-order chi connectivity index (χ1) is 11.2. The molecule has 0 amide bonds. The molecule has 0 atom stereocenters. The van der Waals surface area contributed by atoms with Crippen molar-refractivity contribution in [3.05, 3.63) is 40.5 Å². The van der Waals surface area contributed by atoms with E-state index in [0.717, 1.165) is 27.6 Å².